The van der Waals surface area contributed by atoms with Crippen LogP contribution in [0.2, 0.25) is 0 Å². The van der Waals surface area contributed by atoms with Crippen molar-refractivity contribution in [3.63, 3.8) is 0 Å². The van der Waals surface area contributed by atoms with Gasteiger partial charge in [-0.15, -0.1) is 0 Å². The van der Waals surface area contributed by atoms with Gasteiger partial charge in [0.1, 0.15) is 0 Å². The standard InChI is InChI=1S/C23H29NO5/c1-23(2,3)16-10-7-15(8-11-16)9-12-21(25)24-18-14-20(28-5)19(27-4)13-17(18)22(26)29-6/h7-8,10-11,13-14H,9,12H2,1-6H3,(H,24,25). The molecule has 156 valence electrons. The monoisotopic (exact) mass is 399 g/mol. The number of hydrogen-bond donors (Lipinski definition) is 1. The summed E-state index contributed by atoms with van der Waals surface area (Å²) in [5.41, 5.74) is 2.94. The van der Waals surface area contributed by atoms with Gasteiger partial charge in [-0.3, -0.25) is 4.79 Å². The van der Waals surface area contributed by atoms with Gasteiger partial charge < -0.3 is 19.5 Å². The Balaban J connectivity index is 2.12. The smallest absolute Gasteiger partial charge is 0.340 e. The molecule has 1 amide bonds. The Morgan fingerprint density at radius 2 is 1.52 bits per heavy atom. The number of esters is 1. The molecule has 29 heavy (non-hydrogen) atoms. The van der Waals surface area contributed by atoms with Crippen molar-refractivity contribution in [2.24, 2.45) is 0 Å². The molecule has 0 spiro atoms. The molecule has 0 aliphatic carbocycles. The molecular formula is C23H29NO5. The van der Waals surface area contributed by atoms with E-state index in [1.54, 1.807) is 6.07 Å². The first kappa shape index (κ1) is 22.3. The van der Waals surface area contributed by atoms with Crippen molar-refractivity contribution < 1.29 is 23.8 Å². The molecule has 0 saturated carbocycles. The molecule has 0 aromatic heterocycles. The first-order valence-electron chi connectivity index (χ1n) is 9.43. The molecule has 6 nitrogen and oxygen atoms in total. The second-order valence-electron chi connectivity index (χ2n) is 7.74. The van der Waals surface area contributed by atoms with Crippen LogP contribution in [-0.4, -0.2) is 33.2 Å². The van der Waals surface area contributed by atoms with E-state index in [0.29, 0.717) is 23.6 Å². The first-order valence-corrected chi connectivity index (χ1v) is 9.43. The Morgan fingerprint density at radius 1 is 0.931 bits per heavy atom. The summed E-state index contributed by atoms with van der Waals surface area (Å²) in [5.74, 6) is 0.0133. The van der Waals surface area contributed by atoms with Crippen LogP contribution in [0.25, 0.3) is 0 Å². The fourth-order valence-corrected chi connectivity index (χ4v) is 2.90. The molecule has 0 saturated heterocycles. The molecule has 0 atom stereocenters. The molecule has 0 aliphatic rings. The summed E-state index contributed by atoms with van der Waals surface area (Å²) in [6.45, 7) is 6.49. The predicted octanol–water partition coefficient (Wildman–Crippen LogP) is 4.36. The van der Waals surface area contributed by atoms with Crippen molar-refractivity contribution in [1.82, 2.24) is 0 Å². The minimum atomic E-state index is -0.570. The molecule has 0 bridgehead atoms. The summed E-state index contributed by atoms with van der Waals surface area (Å²) in [6.07, 6.45) is 0.876. The van der Waals surface area contributed by atoms with Gasteiger partial charge in [-0.2, -0.15) is 0 Å². The number of ether oxygens (including phenoxy) is 3. The van der Waals surface area contributed by atoms with Crippen LogP contribution in [0, 0.1) is 0 Å². The van der Waals surface area contributed by atoms with Crippen LogP contribution in [0.4, 0.5) is 5.69 Å². The van der Waals surface area contributed by atoms with E-state index in [0.717, 1.165) is 5.56 Å². The maximum atomic E-state index is 12.5. The van der Waals surface area contributed by atoms with Crippen LogP contribution in [-0.2, 0) is 21.4 Å². The molecule has 1 N–H and O–H groups in total. The van der Waals surface area contributed by atoms with Crippen LogP contribution in [0.1, 0.15) is 48.7 Å². The highest BCUT2D eigenvalue weighted by molar-refractivity contribution is 6.02. The number of amides is 1. The zero-order valence-electron chi connectivity index (χ0n) is 17.9. The van der Waals surface area contributed by atoms with Gasteiger partial charge in [0.05, 0.1) is 32.6 Å². The van der Waals surface area contributed by atoms with Crippen molar-refractivity contribution in [1.29, 1.82) is 0 Å². The Kier molecular flexibility index (Phi) is 7.26. The summed E-state index contributed by atoms with van der Waals surface area (Å²) in [5, 5.41) is 2.78. The first-order chi connectivity index (χ1) is 13.7. The lowest BCUT2D eigenvalue weighted by molar-refractivity contribution is -0.116. The number of hydrogen-bond acceptors (Lipinski definition) is 5. The molecule has 0 aliphatic heterocycles. The molecule has 0 unspecified atom stereocenters. The fourth-order valence-electron chi connectivity index (χ4n) is 2.90. The topological polar surface area (TPSA) is 73.9 Å². The van der Waals surface area contributed by atoms with Crippen molar-refractivity contribution in [3.8, 4) is 11.5 Å². The van der Waals surface area contributed by atoms with Crippen LogP contribution < -0.4 is 14.8 Å². The number of benzene rings is 2. The van der Waals surface area contributed by atoms with E-state index in [1.165, 1.54) is 33.0 Å². The van der Waals surface area contributed by atoms with Crippen molar-refractivity contribution in [2.75, 3.05) is 26.6 Å². The molecule has 2 aromatic carbocycles. The largest absolute Gasteiger partial charge is 0.493 e. The normalized spacial score (nSPS) is 11.0. The van der Waals surface area contributed by atoms with Crippen molar-refractivity contribution in [3.05, 3.63) is 53.1 Å². The minimum Gasteiger partial charge on any atom is -0.493 e. The summed E-state index contributed by atoms with van der Waals surface area (Å²) in [6, 6.07) is 11.3. The third kappa shape index (κ3) is 5.73. The van der Waals surface area contributed by atoms with Gasteiger partial charge in [0.15, 0.2) is 11.5 Å². The average Bonchev–Trinajstić information content (AvgIpc) is 2.70. The second-order valence-corrected chi connectivity index (χ2v) is 7.74. The number of carbonyl (C=O) groups is 2. The molecule has 2 rings (SSSR count). The maximum absolute atomic E-state index is 12.5. The Bertz CT molecular complexity index is 866. The summed E-state index contributed by atoms with van der Waals surface area (Å²) in [7, 11) is 4.25. The van der Waals surface area contributed by atoms with Gasteiger partial charge in [0.25, 0.3) is 0 Å². The Morgan fingerprint density at radius 3 is 2.03 bits per heavy atom. The van der Waals surface area contributed by atoms with Crippen LogP contribution in [0.3, 0.4) is 0 Å². The van der Waals surface area contributed by atoms with Gasteiger partial charge in [-0.05, 0) is 23.0 Å². The van der Waals surface area contributed by atoms with E-state index in [4.69, 9.17) is 14.2 Å². The zero-order valence-corrected chi connectivity index (χ0v) is 17.9. The number of anilines is 1. The Hall–Kier alpha value is -3.02. The zero-order chi connectivity index (χ0) is 21.6. The van der Waals surface area contributed by atoms with Gasteiger partial charge >= 0.3 is 5.97 Å². The molecule has 0 heterocycles. The molecule has 0 fully saturated rings. The van der Waals surface area contributed by atoms with Crippen molar-refractivity contribution in [2.45, 2.75) is 39.0 Å². The highest BCUT2D eigenvalue weighted by atomic mass is 16.5. The number of nitrogens with one attached hydrogen (secondary N) is 1. The quantitative estimate of drug-likeness (QED) is 0.700. The van der Waals surface area contributed by atoms with Gasteiger partial charge in [0, 0.05) is 18.6 Å². The molecule has 6 heteroatoms. The number of methoxy groups -OCH3 is 3. The lowest BCUT2D eigenvalue weighted by Gasteiger charge is -2.19. The lowest BCUT2D eigenvalue weighted by atomic mass is 9.86. The molecule has 2 aromatic rings. The minimum absolute atomic E-state index is 0.0909. The predicted molar refractivity (Wildman–Crippen MR) is 113 cm³/mol. The number of rotatable bonds is 7. The van der Waals surface area contributed by atoms with Crippen molar-refractivity contribution >= 4 is 17.6 Å². The highest BCUT2D eigenvalue weighted by Gasteiger charge is 2.19. The lowest BCUT2D eigenvalue weighted by Crippen LogP contribution is -2.16. The van der Waals surface area contributed by atoms with Gasteiger partial charge in [-0.1, -0.05) is 45.0 Å². The van der Waals surface area contributed by atoms with E-state index in [1.807, 2.05) is 12.1 Å². The summed E-state index contributed by atoms with van der Waals surface area (Å²) < 4.78 is 15.3. The van der Waals surface area contributed by atoms with Gasteiger partial charge in [0.2, 0.25) is 5.91 Å². The van der Waals surface area contributed by atoms with Gasteiger partial charge in [-0.25, -0.2) is 4.79 Å². The fraction of sp³-hybridized carbons (Fsp3) is 0.391. The van der Waals surface area contributed by atoms with E-state index in [9.17, 15) is 9.59 Å². The van der Waals surface area contributed by atoms with E-state index in [-0.39, 0.29) is 23.3 Å². The Labute approximate surface area is 172 Å². The average molecular weight is 399 g/mol. The summed E-state index contributed by atoms with van der Waals surface area (Å²) in [4.78, 5) is 24.6. The SMILES string of the molecule is COC(=O)c1cc(OC)c(OC)cc1NC(=O)CCc1ccc(C(C)(C)C)cc1. The van der Waals surface area contributed by atoms with Crippen LogP contribution >= 0.6 is 0 Å². The third-order valence-corrected chi connectivity index (χ3v) is 4.66. The van der Waals surface area contributed by atoms with E-state index < -0.39 is 5.97 Å². The number of carbonyl (C=O) groups excluding carboxylic acids is 2. The van der Waals surface area contributed by atoms with Crippen LogP contribution in [0.15, 0.2) is 36.4 Å². The number of aryl methyl sites for hydroxylation is 1. The second kappa shape index (κ2) is 9.45. The third-order valence-electron chi connectivity index (χ3n) is 4.66. The highest BCUT2D eigenvalue weighted by Crippen LogP contribution is 2.34. The summed E-state index contributed by atoms with van der Waals surface area (Å²) >= 11 is 0. The van der Waals surface area contributed by atoms with Crippen LogP contribution in [0.5, 0.6) is 11.5 Å². The molecule has 0 radical (unpaired) electrons. The van der Waals surface area contributed by atoms with E-state index >= 15 is 0 Å². The molecular weight excluding hydrogens is 370 g/mol. The van der Waals surface area contributed by atoms with E-state index in [2.05, 4.69) is 38.2 Å². The maximum Gasteiger partial charge on any atom is 0.340 e.